The first-order chi connectivity index (χ1) is 11.5. The van der Waals surface area contributed by atoms with Gasteiger partial charge in [0.15, 0.2) is 0 Å². The number of hydrogen-bond donors (Lipinski definition) is 2. The highest BCUT2D eigenvalue weighted by molar-refractivity contribution is 5.60. The standard InChI is InChI=1S/C22H35NO/c1-6-7-8-12-19-15-21(23-5)20(22(24)16-19)14-13-18(4)11-9-10-17(2)3/h10,13,15-16,23-24H,6-9,11-12,14H2,1-5H3/b18-13+. The molecule has 1 aromatic rings. The first-order valence-corrected chi connectivity index (χ1v) is 9.29. The Morgan fingerprint density at radius 3 is 2.50 bits per heavy atom. The van der Waals surface area contributed by atoms with Crippen LogP contribution < -0.4 is 5.32 Å². The topological polar surface area (TPSA) is 32.3 Å². The molecule has 0 radical (unpaired) electrons. The molecule has 0 atom stereocenters. The van der Waals surface area contributed by atoms with E-state index >= 15 is 0 Å². The lowest BCUT2D eigenvalue weighted by atomic mass is 9.99. The van der Waals surface area contributed by atoms with Gasteiger partial charge in [-0.25, -0.2) is 0 Å². The van der Waals surface area contributed by atoms with E-state index in [-0.39, 0.29) is 0 Å². The summed E-state index contributed by atoms with van der Waals surface area (Å²) < 4.78 is 0. The number of nitrogens with one attached hydrogen (secondary N) is 1. The minimum atomic E-state index is 0.418. The van der Waals surface area contributed by atoms with Gasteiger partial charge in [0.05, 0.1) is 0 Å². The molecular weight excluding hydrogens is 294 g/mol. The number of allylic oxidation sites excluding steroid dienone is 4. The van der Waals surface area contributed by atoms with Crippen LogP contribution >= 0.6 is 0 Å². The van der Waals surface area contributed by atoms with Crippen molar-refractivity contribution < 1.29 is 5.11 Å². The number of hydrogen-bond acceptors (Lipinski definition) is 2. The Labute approximate surface area is 148 Å². The van der Waals surface area contributed by atoms with Gasteiger partial charge < -0.3 is 10.4 Å². The number of aryl methyl sites for hydroxylation is 1. The molecule has 0 aliphatic carbocycles. The zero-order chi connectivity index (χ0) is 17.9. The molecule has 0 amide bonds. The number of unbranched alkanes of at least 4 members (excludes halogenated alkanes) is 2. The highest BCUT2D eigenvalue weighted by atomic mass is 16.3. The van der Waals surface area contributed by atoms with Crippen molar-refractivity contribution in [2.45, 2.75) is 72.6 Å². The van der Waals surface area contributed by atoms with E-state index in [1.165, 1.54) is 36.0 Å². The summed E-state index contributed by atoms with van der Waals surface area (Å²) in [5.41, 5.74) is 6.02. The van der Waals surface area contributed by atoms with Gasteiger partial charge in [-0.2, -0.15) is 0 Å². The fourth-order valence-corrected chi connectivity index (χ4v) is 2.84. The van der Waals surface area contributed by atoms with E-state index in [0.717, 1.165) is 36.9 Å². The lowest BCUT2D eigenvalue weighted by Gasteiger charge is -2.13. The Balaban J connectivity index is 2.78. The van der Waals surface area contributed by atoms with Crippen LogP contribution in [0, 0.1) is 0 Å². The molecule has 1 rings (SSSR count). The van der Waals surface area contributed by atoms with Crippen molar-refractivity contribution in [1.29, 1.82) is 0 Å². The maximum Gasteiger partial charge on any atom is 0.121 e. The minimum absolute atomic E-state index is 0.418. The number of benzene rings is 1. The van der Waals surface area contributed by atoms with Crippen molar-refractivity contribution in [1.82, 2.24) is 0 Å². The summed E-state index contributed by atoms with van der Waals surface area (Å²) in [6, 6.07) is 4.13. The van der Waals surface area contributed by atoms with Gasteiger partial charge in [-0.3, -0.25) is 0 Å². The molecule has 24 heavy (non-hydrogen) atoms. The van der Waals surface area contributed by atoms with E-state index in [0.29, 0.717) is 5.75 Å². The Kier molecular flexibility index (Phi) is 9.29. The number of phenols is 1. The van der Waals surface area contributed by atoms with Crippen LogP contribution in [0.1, 0.15) is 70.9 Å². The van der Waals surface area contributed by atoms with Crippen molar-refractivity contribution in [3.63, 3.8) is 0 Å². The monoisotopic (exact) mass is 329 g/mol. The van der Waals surface area contributed by atoms with Gasteiger partial charge in [0.1, 0.15) is 5.75 Å². The predicted molar refractivity (Wildman–Crippen MR) is 107 cm³/mol. The van der Waals surface area contributed by atoms with Crippen molar-refractivity contribution >= 4 is 5.69 Å². The molecule has 1 aromatic carbocycles. The molecule has 134 valence electrons. The number of rotatable bonds is 10. The summed E-state index contributed by atoms with van der Waals surface area (Å²) in [4.78, 5) is 0. The Morgan fingerprint density at radius 1 is 1.12 bits per heavy atom. The molecule has 0 aliphatic heterocycles. The van der Waals surface area contributed by atoms with E-state index in [4.69, 9.17) is 0 Å². The normalized spacial score (nSPS) is 11.5. The zero-order valence-corrected chi connectivity index (χ0v) is 16.2. The molecule has 0 bridgehead atoms. The summed E-state index contributed by atoms with van der Waals surface area (Å²) >= 11 is 0. The molecule has 0 saturated carbocycles. The Bertz CT molecular complexity index is 566. The molecule has 0 aromatic heterocycles. The number of anilines is 1. The molecule has 0 spiro atoms. The first-order valence-electron chi connectivity index (χ1n) is 9.29. The maximum atomic E-state index is 10.4. The van der Waals surface area contributed by atoms with Gasteiger partial charge in [0.2, 0.25) is 0 Å². The third-order valence-electron chi connectivity index (χ3n) is 4.37. The summed E-state index contributed by atoms with van der Waals surface area (Å²) in [7, 11) is 1.93. The second kappa shape index (κ2) is 11.0. The van der Waals surface area contributed by atoms with Crippen LogP contribution in [0.15, 0.2) is 35.4 Å². The Morgan fingerprint density at radius 2 is 1.88 bits per heavy atom. The van der Waals surface area contributed by atoms with Crippen LogP contribution in [0.3, 0.4) is 0 Å². The van der Waals surface area contributed by atoms with Crippen LogP contribution in [-0.2, 0) is 12.8 Å². The molecule has 2 N–H and O–H groups in total. The average Bonchev–Trinajstić information content (AvgIpc) is 2.53. The number of aromatic hydroxyl groups is 1. The molecule has 0 aliphatic rings. The van der Waals surface area contributed by atoms with Gasteiger partial charge in [-0.05, 0) is 70.6 Å². The lowest BCUT2D eigenvalue weighted by molar-refractivity contribution is 0.469. The van der Waals surface area contributed by atoms with Crippen LogP contribution in [0.2, 0.25) is 0 Å². The van der Waals surface area contributed by atoms with Crippen LogP contribution in [0.4, 0.5) is 5.69 Å². The fraction of sp³-hybridized carbons (Fsp3) is 0.545. The zero-order valence-electron chi connectivity index (χ0n) is 16.2. The fourth-order valence-electron chi connectivity index (χ4n) is 2.84. The van der Waals surface area contributed by atoms with Crippen molar-refractivity contribution in [3.05, 3.63) is 46.6 Å². The van der Waals surface area contributed by atoms with E-state index < -0.39 is 0 Å². The van der Waals surface area contributed by atoms with E-state index in [2.05, 4.69) is 51.2 Å². The number of phenolic OH excluding ortho intramolecular Hbond substituents is 1. The maximum absolute atomic E-state index is 10.4. The molecule has 2 nitrogen and oxygen atoms in total. The third kappa shape index (κ3) is 7.25. The summed E-state index contributed by atoms with van der Waals surface area (Å²) in [5, 5.41) is 13.7. The molecule has 0 heterocycles. The largest absolute Gasteiger partial charge is 0.508 e. The quantitative estimate of drug-likeness (QED) is 0.384. The van der Waals surface area contributed by atoms with Crippen LogP contribution in [-0.4, -0.2) is 12.2 Å². The van der Waals surface area contributed by atoms with Gasteiger partial charge in [0, 0.05) is 18.3 Å². The van der Waals surface area contributed by atoms with E-state index in [9.17, 15) is 5.11 Å². The van der Waals surface area contributed by atoms with Gasteiger partial charge in [-0.15, -0.1) is 0 Å². The van der Waals surface area contributed by atoms with Crippen molar-refractivity contribution in [2.75, 3.05) is 12.4 Å². The first kappa shape index (κ1) is 20.3. The van der Waals surface area contributed by atoms with Crippen LogP contribution in [0.5, 0.6) is 5.75 Å². The van der Waals surface area contributed by atoms with Crippen molar-refractivity contribution in [2.24, 2.45) is 0 Å². The second-order valence-electron chi connectivity index (χ2n) is 6.92. The average molecular weight is 330 g/mol. The van der Waals surface area contributed by atoms with E-state index in [1.54, 1.807) is 0 Å². The minimum Gasteiger partial charge on any atom is -0.508 e. The molecule has 0 fully saturated rings. The van der Waals surface area contributed by atoms with Gasteiger partial charge in [-0.1, -0.05) is 43.1 Å². The van der Waals surface area contributed by atoms with Gasteiger partial charge in [0.25, 0.3) is 0 Å². The second-order valence-corrected chi connectivity index (χ2v) is 6.92. The summed E-state index contributed by atoms with van der Waals surface area (Å²) in [6.07, 6.45) is 12.1. The Hall–Kier alpha value is -1.70. The third-order valence-corrected chi connectivity index (χ3v) is 4.37. The summed E-state index contributed by atoms with van der Waals surface area (Å²) in [6.45, 7) is 8.66. The smallest absolute Gasteiger partial charge is 0.121 e. The van der Waals surface area contributed by atoms with Crippen LogP contribution in [0.25, 0.3) is 0 Å². The SMILES string of the molecule is CCCCCc1cc(O)c(C/C=C(\C)CCC=C(C)C)c(NC)c1. The lowest BCUT2D eigenvalue weighted by Crippen LogP contribution is -1.98. The van der Waals surface area contributed by atoms with Gasteiger partial charge >= 0.3 is 0 Å². The highest BCUT2D eigenvalue weighted by Gasteiger charge is 2.09. The predicted octanol–water partition coefficient (Wildman–Crippen LogP) is 6.40. The molecule has 2 heteroatoms. The molecular formula is C22H35NO. The molecule has 0 unspecified atom stereocenters. The van der Waals surface area contributed by atoms with E-state index in [1.807, 2.05) is 13.1 Å². The van der Waals surface area contributed by atoms with Crippen molar-refractivity contribution in [3.8, 4) is 5.75 Å². The highest BCUT2D eigenvalue weighted by Crippen LogP contribution is 2.29. The summed E-state index contributed by atoms with van der Waals surface area (Å²) in [5.74, 6) is 0.418. The molecule has 0 saturated heterocycles.